The summed E-state index contributed by atoms with van der Waals surface area (Å²) in [5.41, 5.74) is 7.57. The zero-order chi connectivity index (χ0) is 12.9. The number of thiophene rings is 1. The van der Waals surface area contributed by atoms with E-state index in [1.165, 1.54) is 11.3 Å². The van der Waals surface area contributed by atoms with Crippen molar-refractivity contribution in [1.82, 2.24) is 9.97 Å². The van der Waals surface area contributed by atoms with Crippen LogP contribution in [0.2, 0.25) is 0 Å². The highest BCUT2D eigenvalue weighted by Gasteiger charge is 2.13. The molecule has 92 valence electrons. The van der Waals surface area contributed by atoms with E-state index in [1.807, 2.05) is 13.0 Å². The van der Waals surface area contributed by atoms with Gasteiger partial charge in [0.1, 0.15) is 5.82 Å². The van der Waals surface area contributed by atoms with E-state index >= 15 is 0 Å². The second-order valence-electron chi connectivity index (χ2n) is 4.03. The highest BCUT2D eigenvalue weighted by Crippen LogP contribution is 2.33. The van der Waals surface area contributed by atoms with Crippen LogP contribution in [0.5, 0.6) is 0 Å². The van der Waals surface area contributed by atoms with Gasteiger partial charge in [0, 0.05) is 12.1 Å². The number of rotatable bonds is 1. The van der Waals surface area contributed by atoms with Crippen LogP contribution in [0.1, 0.15) is 5.56 Å². The summed E-state index contributed by atoms with van der Waals surface area (Å²) in [4.78, 5) is 8.10. The first-order valence-electron chi connectivity index (χ1n) is 5.25. The first kappa shape index (κ1) is 11.2. The van der Waals surface area contributed by atoms with E-state index in [9.17, 15) is 8.78 Å². The fourth-order valence-corrected chi connectivity index (χ4v) is 2.74. The van der Waals surface area contributed by atoms with Gasteiger partial charge in [-0.05, 0) is 18.6 Å². The molecule has 18 heavy (non-hydrogen) atoms. The first-order valence-corrected chi connectivity index (χ1v) is 6.07. The number of hydrogen-bond acceptors (Lipinski definition) is 3. The predicted octanol–water partition coefficient (Wildman–Crippen LogP) is 3.46. The molecule has 3 rings (SSSR count). The summed E-state index contributed by atoms with van der Waals surface area (Å²) >= 11 is 1.39. The molecule has 3 aromatic rings. The maximum Gasteiger partial charge on any atom is 0.161 e. The molecule has 0 amide bonds. The lowest BCUT2D eigenvalue weighted by Crippen LogP contribution is -1.82. The van der Waals surface area contributed by atoms with Crippen LogP contribution in [0.25, 0.3) is 21.7 Å². The lowest BCUT2D eigenvalue weighted by molar-refractivity contribution is 0.510. The maximum atomic E-state index is 13.1. The Kier molecular flexibility index (Phi) is 2.34. The molecule has 3 N–H and O–H groups in total. The molecule has 3 nitrogen and oxygen atoms in total. The van der Waals surface area contributed by atoms with Crippen molar-refractivity contribution in [2.24, 2.45) is 0 Å². The van der Waals surface area contributed by atoms with Gasteiger partial charge < -0.3 is 10.7 Å². The van der Waals surface area contributed by atoms with Gasteiger partial charge in [-0.1, -0.05) is 0 Å². The number of fused-ring (bicyclic) bond motifs is 1. The SMILES string of the molecule is Cc1cc(N)sc1-c1nc2cc(F)c(F)cc2[nH]1. The highest BCUT2D eigenvalue weighted by molar-refractivity contribution is 7.19. The van der Waals surface area contributed by atoms with Gasteiger partial charge in [-0.15, -0.1) is 11.3 Å². The van der Waals surface area contributed by atoms with Gasteiger partial charge in [-0.2, -0.15) is 0 Å². The number of imidazole rings is 1. The summed E-state index contributed by atoms with van der Waals surface area (Å²) in [6, 6.07) is 4.03. The van der Waals surface area contributed by atoms with Crippen molar-refractivity contribution in [2.45, 2.75) is 6.92 Å². The summed E-state index contributed by atoms with van der Waals surface area (Å²) in [6.07, 6.45) is 0. The van der Waals surface area contributed by atoms with Crippen LogP contribution in [0.3, 0.4) is 0 Å². The number of benzene rings is 1. The first-order chi connectivity index (χ1) is 8.54. The Morgan fingerprint density at radius 2 is 1.94 bits per heavy atom. The molecule has 0 saturated heterocycles. The monoisotopic (exact) mass is 265 g/mol. The number of aryl methyl sites for hydroxylation is 1. The molecular formula is C12H9F2N3S. The molecule has 2 heterocycles. The summed E-state index contributed by atoms with van der Waals surface area (Å²) < 4.78 is 26.2. The van der Waals surface area contributed by atoms with E-state index in [4.69, 9.17) is 5.73 Å². The molecule has 0 aliphatic carbocycles. The van der Waals surface area contributed by atoms with E-state index in [0.717, 1.165) is 22.6 Å². The highest BCUT2D eigenvalue weighted by atomic mass is 32.1. The summed E-state index contributed by atoms with van der Waals surface area (Å²) in [5.74, 6) is -1.21. The minimum Gasteiger partial charge on any atom is -0.391 e. The van der Waals surface area contributed by atoms with E-state index in [0.29, 0.717) is 21.9 Å². The Hall–Kier alpha value is -1.95. The second kappa shape index (κ2) is 3.78. The van der Waals surface area contributed by atoms with Crippen LogP contribution in [0, 0.1) is 18.6 Å². The molecule has 0 bridgehead atoms. The number of aromatic amines is 1. The van der Waals surface area contributed by atoms with Gasteiger partial charge in [0.15, 0.2) is 11.6 Å². The average molecular weight is 265 g/mol. The van der Waals surface area contributed by atoms with Crippen molar-refractivity contribution in [3.05, 3.63) is 35.4 Å². The number of nitrogens with one attached hydrogen (secondary N) is 1. The number of nitrogens with two attached hydrogens (primary N) is 1. The number of H-pyrrole nitrogens is 1. The van der Waals surface area contributed by atoms with Crippen molar-refractivity contribution < 1.29 is 8.78 Å². The van der Waals surface area contributed by atoms with Crippen LogP contribution >= 0.6 is 11.3 Å². The summed E-state index contributed by atoms with van der Waals surface area (Å²) in [5, 5.41) is 0.681. The zero-order valence-corrected chi connectivity index (χ0v) is 10.2. The standard InChI is InChI=1S/C12H9F2N3S/c1-5-2-10(15)18-11(5)12-16-8-3-6(13)7(14)4-9(8)17-12/h2-4H,15H2,1H3,(H,16,17). The van der Waals surface area contributed by atoms with E-state index in [2.05, 4.69) is 9.97 Å². The predicted molar refractivity (Wildman–Crippen MR) is 68.5 cm³/mol. The van der Waals surface area contributed by atoms with Crippen LogP contribution in [-0.2, 0) is 0 Å². The molecule has 0 fully saturated rings. The Morgan fingerprint density at radius 1 is 1.22 bits per heavy atom. The van der Waals surface area contributed by atoms with Crippen LogP contribution in [0.15, 0.2) is 18.2 Å². The minimum atomic E-state index is -0.900. The Labute approximate surface area is 105 Å². The van der Waals surface area contributed by atoms with Crippen molar-refractivity contribution >= 4 is 27.4 Å². The van der Waals surface area contributed by atoms with Crippen molar-refractivity contribution in [2.75, 3.05) is 5.73 Å². The van der Waals surface area contributed by atoms with Gasteiger partial charge in [0.25, 0.3) is 0 Å². The Balaban J connectivity index is 2.22. The largest absolute Gasteiger partial charge is 0.391 e. The molecule has 0 aliphatic heterocycles. The van der Waals surface area contributed by atoms with Crippen LogP contribution in [0.4, 0.5) is 13.8 Å². The lowest BCUT2D eigenvalue weighted by atomic mass is 10.3. The third kappa shape index (κ3) is 1.65. The zero-order valence-electron chi connectivity index (χ0n) is 9.42. The van der Waals surface area contributed by atoms with E-state index in [1.54, 1.807) is 0 Å². The normalized spacial score (nSPS) is 11.3. The van der Waals surface area contributed by atoms with Crippen molar-refractivity contribution in [3.63, 3.8) is 0 Å². The number of nitrogen functional groups attached to an aromatic ring is 1. The lowest BCUT2D eigenvalue weighted by Gasteiger charge is -1.91. The molecule has 2 aromatic heterocycles. The van der Waals surface area contributed by atoms with Gasteiger partial charge in [-0.3, -0.25) is 0 Å². The Morgan fingerprint density at radius 3 is 2.61 bits per heavy atom. The molecule has 0 radical (unpaired) electrons. The number of nitrogens with zero attached hydrogens (tertiary/aromatic N) is 1. The fourth-order valence-electron chi connectivity index (χ4n) is 1.85. The van der Waals surface area contributed by atoms with Crippen molar-refractivity contribution in [1.29, 1.82) is 0 Å². The molecular weight excluding hydrogens is 256 g/mol. The van der Waals surface area contributed by atoms with Gasteiger partial charge in [0.2, 0.25) is 0 Å². The number of anilines is 1. The molecule has 0 atom stereocenters. The van der Waals surface area contributed by atoms with Gasteiger partial charge in [0.05, 0.1) is 20.9 Å². The number of halogens is 2. The minimum absolute atomic E-state index is 0.398. The third-order valence-electron chi connectivity index (χ3n) is 2.68. The van der Waals surface area contributed by atoms with E-state index < -0.39 is 11.6 Å². The third-order valence-corrected chi connectivity index (χ3v) is 3.75. The smallest absolute Gasteiger partial charge is 0.161 e. The van der Waals surface area contributed by atoms with Crippen molar-refractivity contribution in [3.8, 4) is 10.7 Å². The number of aromatic nitrogens is 2. The average Bonchev–Trinajstić information content (AvgIpc) is 2.82. The Bertz CT molecular complexity index is 706. The maximum absolute atomic E-state index is 13.1. The molecule has 0 saturated carbocycles. The van der Waals surface area contributed by atoms with E-state index in [-0.39, 0.29) is 0 Å². The summed E-state index contributed by atoms with van der Waals surface area (Å²) in [6.45, 7) is 1.91. The number of hydrogen-bond donors (Lipinski definition) is 2. The van der Waals surface area contributed by atoms with Crippen LogP contribution < -0.4 is 5.73 Å². The van der Waals surface area contributed by atoms with Gasteiger partial charge >= 0.3 is 0 Å². The molecule has 0 spiro atoms. The topological polar surface area (TPSA) is 54.7 Å². The summed E-state index contributed by atoms with van der Waals surface area (Å²) in [7, 11) is 0. The van der Waals surface area contributed by atoms with Crippen LogP contribution in [-0.4, -0.2) is 9.97 Å². The molecule has 0 aliphatic rings. The second-order valence-corrected chi connectivity index (χ2v) is 5.11. The molecule has 0 unspecified atom stereocenters. The molecule has 1 aromatic carbocycles. The fraction of sp³-hybridized carbons (Fsp3) is 0.0833. The molecule has 6 heteroatoms. The quantitative estimate of drug-likeness (QED) is 0.708. The van der Waals surface area contributed by atoms with Gasteiger partial charge in [-0.25, -0.2) is 13.8 Å².